The zero-order valence-corrected chi connectivity index (χ0v) is 5.22. The van der Waals surface area contributed by atoms with E-state index in [0.29, 0.717) is 0 Å². The first-order valence-corrected chi connectivity index (χ1v) is 2.76. The highest BCUT2D eigenvalue weighted by Crippen LogP contribution is 1.74. The van der Waals surface area contributed by atoms with Crippen molar-refractivity contribution in [3.05, 3.63) is 0 Å². The number of nitrogens with one attached hydrogen (secondary N) is 1. The van der Waals surface area contributed by atoms with E-state index in [9.17, 15) is 0 Å². The summed E-state index contributed by atoms with van der Waals surface area (Å²) in [6.07, 6.45) is 2.40. The number of rotatable bonds is 4. The average molecular weight is 115 g/mol. The summed E-state index contributed by atoms with van der Waals surface area (Å²) in [6, 6.07) is 0. The SMILES string of the molecule is CNCCCN=CN. The first kappa shape index (κ1) is 7.43. The van der Waals surface area contributed by atoms with Gasteiger partial charge >= 0.3 is 0 Å². The summed E-state index contributed by atoms with van der Waals surface area (Å²) in [7, 11) is 1.92. The van der Waals surface area contributed by atoms with Crippen molar-refractivity contribution in [2.75, 3.05) is 20.1 Å². The minimum atomic E-state index is 0.831. The molecule has 0 rings (SSSR count). The zero-order valence-electron chi connectivity index (χ0n) is 5.22. The van der Waals surface area contributed by atoms with Crippen LogP contribution in [0.1, 0.15) is 6.42 Å². The van der Waals surface area contributed by atoms with Crippen LogP contribution in [0.2, 0.25) is 0 Å². The lowest BCUT2D eigenvalue weighted by Gasteiger charge is -1.91. The molecule has 0 unspecified atom stereocenters. The Morgan fingerprint density at radius 3 is 3.00 bits per heavy atom. The maximum atomic E-state index is 5.00. The highest BCUT2D eigenvalue weighted by Gasteiger charge is 1.77. The van der Waals surface area contributed by atoms with Crippen LogP contribution in [0.25, 0.3) is 0 Å². The Morgan fingerprint density at radius 1 is 1.75 bits per heavy atom. The number of nitrogens with zero attached hydrogens (tertiary/aromatic N) is 1. The lowest BCUT2D eigenvalue weighted by Crippen LogP contribution is -2.08. The van der Waals surface area contributed by atoms with Gasteiger partial charge in [-0.15, -0.1) is 0 Å². The van der Waals surface area contributed by atoms with E-state index in [-0.39, 0.29) is 0 Å². The lowest BCUT2D eigenvalue weighted by atomic mass is 10.4. The molecule has 48 valence electrons. The quantitative estimate of drug-likeness (QED) is 0.297. The predicted octanol–water partition coefficient (Wildman–Crippen LogP) is -0.417. The van der Waals surface area contributed by atoms with Crippen molar-refractivity contribution >= 4 is 6.34 Å². The van der Waals surface area contributed by atoms with E-state index in [1.54, 1.807) is 0 Å². The molecule has 0 radical (unpaired) electrons. The fourth-order valence-corrected chi connectivity index (χ4v) is 0.422. The molecule has 8 heavy (non-hydrogen) atoms. The molecule has 0 aliphatic heterocycles. The number of aliphatic imine (C=N–C) groups is 1. The molecule has 0 spiro atoms. The zero-order chi connectivity index (χ0) is 6.24. The first-order chi connectivity index (χ1) is 3.91. The summed E-state index contributed by atoms with van der Waals surface area (Å²) in [6.45, 7) is 1.84. The number of hydrogen-bond acceptors (Lipinski definition) is 2. The fraction of sp³-hybridized carbons (Fsp3) is 0.800. The van der Waals surface area contributed by atoms with Crippen LogP contribution >= 0.6 is 0 Å². The smallest absolute Gasteiger partial charge is 0.0797 e. The third-order valence-corrected chi connectivity index (χ3v) is 0.819. The molecule has 0 atom stereocenters. The average Bonchev–Trinajstić information content (AvgIpc) is 1.81. The van der Waals surface area contributed by atoms with Crippen molar-refractivity contribution in [2.45, 2.75) is 6.42 Å². The maximum absolute atomic E-state index is 5.00. The third-order valence-electron chi connectivity index (χ3n) is 0.819. The third kappa shape index (κ3) is 5.43. The van der Waals surface area contributed by atoms with Gasteiger partial charge in [0.2, 0.25) is 0 Å². The fourth-order valence-electron chi connectivity index (χ4n) is 0.422. The molecular formula is C5H13N3. The van der Waals surface area contributed by atoms with E-state index in [1.165, 1.54) is 6.34 Å². The van der Waals surface area contributed by atoms with Gasteiger partial charge in [0.15, 0.2) is 0 Å². The molecule has 0 saturated carbocycles. The van der Waals surface area contributed by atoms with Crippen molar-refractivity contribution in [3.8, 4) is 0 Å². The van der Waals surface area contributed by atoms with Gasteiger partial charge in [0.05, 0.1) is 6.34 Å². The van der Waals surface area contributed by atoms with Crippen LogP contribution in [0.15, 0.2) is 4.99 Å². The van der Waals surface area contributed by atoms with Gasteiger partial charge in [-0.3, -0.25) is 4.99 Å². The van der Waals surface area contributed by atoms with Gasteiger partial charge in [-0.1, -0.05) is 0 Å². The summed E-state index contributed by atoms with van der Waals surface area (Å²) in [5, 5.41) is 3.01. The minimum absolute atomic E-state index is 0.831. The molecule has 0 aromatic carbocycles. The van der Waals surface area contributed by atoms with E-state index in [2.05, 4.69) is 10.3 Å². The van der Waals surface area contributed by atoms with E-state index < -0.39 is 0 Å². The van der Waals surface area contributed by atoms with Crippen molar-refractivity contribution in [3.63, 3.8) is 0 Å². The molecule has 0 aliphatic rings. The van der Waals surface area contributed by atoms with Crippen molar-refractivity contribution < 1.29 is 0 Å². The first-order valence-electron chi connectivity index (χ1n) is 2.76. The summed E-state index contributed by atoms with van der Waals surface area (Å²) < 4.78 is 0. The molecule has 0 heterocycles. The second kappa shape index (κ2) is 6.43. The van der Waals surface area contributed by atoms with E-state index in [4.69, 9.17) is 5.73 Å². The maximum Gasteiger partial charge on any atom is 0.0797 e. The molecule has 0 saturated heterocycles. The van der Waals surface area contributed by atoms with E-state index in [1.807, 2.05) is 7.05 Å². The highest BCUT2D eigenvalue weighted by atomic mass is 14.8. The largest absolute Gasteiger partial charge is 0.390 e. The van der Waals surface area contributed by atoms with Gasteiger partial charge < -0.3 is 11.1 Å². The number of nitrogens with two attached hydrogens (primary N) is 1. The topological polar surface area (TPSA) is 50.4 Å². The van der Waals surface area contributed by atoms with Crippen LogP contribution in [-0.2, 0) is 0 Å². The van der Waals surface area contributed by atoms with Gasteiger partial charge in [-0.05, 0) is 20.0 Å². The molecule has 0 bridgehead atoms. The Hall–Kier alpha value is -0.570. The van der Waals surface area contributed by atoms with Gasteiger partial charge in [0.25, 0.3) is 0 Å². The van der Waals surface area contributed by atoms with Gasteiger partial charge in [-0.2, -0.15) is 0 Å². The minimum Gasteiger partial charge on any atom is -0.390 e. The Balaban J connectivity index is 2.72. The van der Waals surface area contributed by atoms with Crippen LogP contribution < -0.4 is 11.1 Å². The molecular weight excluding hydrogens is 102 g/mol. The van der Waals surface area contributed by atoms with Crippen molar-refractivity contribution in [2.24, 2.45) is 10.7 Å². The normalized spacial score (nSPS) is 10.6. The predicted molar refractivity (Wildman–Crippen MR) is 36.1 cm³/mol. The molecule has 0 aromatic heterocycles. The monoisotopic (exact) mass is 115 g/mol. The molecule has 3 heteroatoms. The molecule has 0 aliphatic carbocycles. The Labute approximate surface area is 50.0 Å². The lowest BCUT2D eigenvalue weighted by molar-refractivity contribution is 0.735. The Morgan fingerprint density at radius 2 is 2.50 bits per heavy atom. The van der Waals surface area contributed by atoms with Crippen LogP contribution in [0.5, 0.6) is 0 Å². The van der Waals surface area contributed by atoms with Crippen molar-refractivity contribution in [1.82, 2.24) is 5.32 Å². The summed E-state index contributed by atoms with van der Waals surface area (Å²) in [5.74, 6) is 0. The molecule has 0 aromatic rings. The van der Waals surface area contributed by atoms with Gasteiger partial charge in [-0.25, -0.2) is 0 Å². The van der Waals surface area contributed by atoms with Crippen LogP contribution in [0.4, 0.5) is 0 Å². The highest BCUT2D eigenvalue weighted by molar-refractivity contribution is 5.50. The van der Waals surface area contributed by atoms with E-state index >= 15 is 0 Å². The standard InChI is InChI=1S/C5H13N3/c1-7-3-2-4-8-5-6/h5,7H,2-4H2,1H3,(H2,6,8). The van der Waals surface area contributed by atoms with Gasteiger partial charge in [0, 0.05) is 6.54 Å². The second-order valence-corrected chi connectivity index (χ2v) is 1.51. The van der Waals surface area contributed by atoms with Crippen LogP contribution in [0.3, 0.4) is 0 Å². The summed E-state index contributed by atoms with van der Waals surface area (Å²) in [5.41, 5.74) is 5.00. The molecule has 3 nitrogen and oxygen atoms in total. The second-order valence-electron chi connectivity index (χ2n) is 1.51. The van der Waals surface area contributed by atoms with Gasteiger partial charge in [0.1, 0.15) is 0 Å². The van der Waals surface area contributed by atoms with E-state index in [0.717, 1.165) is 19.5 Å². The van der Waals surface area contributed by atoms with Crippen molar-refractivity contribution in [1.29, 1.82) is 0 Å². The summed E-state index contributed by atoms with van der Waals surface area (Å²) in [4.78, 5) is 3.82. The molecule has 3 N–H and O–H groups in total. The Bertz CT molecular complexity index is 60.7. The van der Waals surface area contributed by atoms with Crippen LogP contribution in [-0.4, -0.2) is 26.5 Å². The summed E-state index contributed by atoms with van der Waals surface area (Å²) >= 11 is 0. The Kier molecular flexibility index (Phi) is 5.97. The number of hydrogen-bond donors (Lipinski definition) is 2. The van der Waals surface area contributed by atoms with Crippen LogP contribution in [0, 0.1) is 0 Å². The molecule has 0 amide bonds. The molecule has 0 fully saturated rings.